The van der Waals surface area contributed by atoms with Gasteiger partial charge in [0.25, 0.3) is 0 Å². The lowest BCUT2D eigenvalue weighted by atomic mass is 10.1. The predicted molar refractivity (Wildman–Crippen MR) is 60.5 cm³/mol. The molecule has 1 heterocycles. The second kappa shape index (κ2) is 4.29. The second-order valence-corrected chi connectivity index (χ2v) is 4.73. The Morgan fingerprint density at radius 2 is 2.38 bits per heavy atom. The van der Waals surface area contributed by atoms with Crippen LogP contribution in [0.15, 0.2) is 18.5 Å². The topological polar surface area (TPSA) is 68.2 Å². The van der Waals surface area contributed by atoms with E-state index in [1.165, 1.54) is 0 Å². The standard InChI is InChI=1S/C12H18N2O2/c1-8(12(13)16)6-14-5-4-10(7-14)11(15)9-2-3-9/h4-5,7-9,11,15H,2-3,6H2,1H3,(H2,13,16). The van der Waals surface area contributed by atoms with Crippen molar-refractivity contribution < 1.29 is 9.90 Å². The molecule has 1 aliphatic carbocycles. The Hall–Kier alpha value is -1.29. The van der Waals surface area contributed by atoms with E-state index in [1.54, 1.807) is 6.92 Å². The van der Waals surface area contributed by atoms with Gasteiger partial charge in [0.05, 0.1) is 12.0 Å². The predicted octanol–water partition coefficient (Wildman–Crippen LogP) is 1.05. The molecule has 1 aromatic heterocycles. The molecule has 0 spiro atoms. The molecular weight excluding hydrogens is 204 g/mol. The summed E-state index contributed by atoms with van der Waals surface area (Å²) in [6.07, 6.45) is 5.68. The number of aromatic nitrogens is 1. The third-order valence-corrected chi connectivity index (χ3v) is 3.15. The lowest BCUT2D eigenvalue weighted by Crippen LogP contribution is -2.24. The number of amides is 1. The molecule has 0 saturated heterocycles. The third-order valence-electron chi connectivity index (χ3n) is 3.15. The van der Waals surface area contributed by atoms with E-state index in [0.717, 1.165) is 18.4 Å². The smallest absolute Gasteiger partial charge is 0.222 e. The maximum absolute atomic E-state index is 10.9. The van der Waals surface area contributed by atoms with Crippen LogP contribution in [0.5, 0.6) is 0 Å². The third kappa shape index (κ3) is 2.44. The number of hydrogen-bond donors (Lipinski definition) is 2. The highest BCUT2D eigenvalue weighted by Crippen LogP contribution is 2.40. The monoisotopic (exact) mass is 222 g/mol. The summed E-state index contributed by atoms with van der Waals surface area (Å²) in [5.74, 6) is -0.0410. The molecule has 4 heteroatoms. The Kier molecular flexibility index (Phi) is 3.01. The van der Waals surface area contributed by atoms with Crippen LogP contribution in [-0.4, -0.2) is 15.6 Å². The first-order valence-electron chi connectivity index (χ1n) is 5.71. The zero-order valence-electron chi connectivity index (χ0n) is 9.47. The summed E-state index contributed by atoms with van der Waals surface area (Å²) in [5, 5.41) is 9.91. The summed E-state index contributed by atoms with van der Waals surface area (Å²) in [6.45, 7) is 2.38. The Balaban J connectivity index is 1.98. The van der Waals surface area contributed by atoms with E-state index in [0.29, 0.717) is 12.5 Å². The highest BCUT2D eigenvalue weighted by atomic mass is 16.3. The van der Waals surface area contributed by atoms with Crippen LogP contribution in [0.2, 0.25) is 0 Å². The highest BCUT2D eigenvalue weighted by Gasteiger charge is 2.31. The normalized spacial score (nSPS) is 19.4. The van der Waals surface area contributed by atoms with Crippen molar-refractivity contribution in [2.24, 2.45) is 17.6 Å². The van der Waals surface area contributed by atoms with Crippen molar-refractivity contribution >= 4 is 5.91 Å². The molecule has 1 saturated carbocycles. The molecule has 4 nitrogen and oxygen atoms in total. The SMILES string of the molecule is CC(Cn1ccc(C(O)C2CC2)c1)C(N)=O. The van der Waals surface area contributed by atoms with Gasteiger partial charge in [-0.2, -0.15) is 0 Å². The Labute approximate surface area is 95.1 Å². The molecule has 0 aromatic carbocycles. The fraction of sp³-hybridized carbons (Fsp3) is 0.583. The van der Waals surface area contributed by atoms with Crippen molar-refractivity contribution in [3.8, 4) is 0 Å². The zero-order valence-corrected chi connectivity index (χ0v) is 9.47. The number of hydrogen-bond acceptors (Lipinski definition) is 2. The Bertz CT molecular complexity index is 382. The molecule has 1 fully saturated rings. The van der Waals surface area contributed by atoms with Crippen LogP contribution in [0.3, 0.4) is 0 Å². The molecule has 1 aromatic rings. The molecule has 2 rings (SSSR count). The number of carbonyl (C=O) groups excluding carboxylic acids is 1. The summed E-state index contributed by atoms with van der Waals surface area (Å²) in [7, 11) is 0. The molecule has 0 radical (unpaired) electrons. The van der Waals surface area contributed by atoms with Gasteiger partial charge in [-0.1, -0.05) is 6.92 Å². The van der Waals surface area contributed by atoms with Gasteiger partial charge in [-0.15, -0.1) is 0 Å². The van der Waals surface area contributed by atoms with E-state index in [-0.39, 0.29) is 17.9 Å². The molecule has 16 heavy (non-hydrogen) atoms. The summed E-state index contributed by atoms with van der Waals surface area (Å²) in [6, 6.07) is 1.91. The number of nitrogens with two attached hydrogens (primary N) is 1. The van der Waals surface area contributed by atoms with E-state index in [2.05, 4.69) is 0 Å². The van der Waals surface area contributed by atoms with E-state index >= 15 is 0 Å². The van der Waals surface area contributed by atoms with Crippen LogP contribution < -0.4 is 5.73 Å². The fourth-order valence-electron chi connectivity index (χ4n) is 1.84. The fourth-order valence-corrected chi connectivity index (χ4v) is 1.84. The average Bonchev–Trinajstić information content (AvgIpc) is 2.98. The molecule has 1 amide bonds. The number of rotatable bonds is 5. The first kappa shape index (κ1) is 11.2. The van der Waals surface area contributed by atoms with Crippen LogP contribution >= 0.6 is 0 Å². The van der Waals surface area contributed by atoms with E-state index in [4.69, 9.17) is 5.73 Å². The molecule has 88 valence electrons. The van der Waals surface area contributed by atoms with Gasteiger partial charge in [-0.3, -0.25) is 4.79 Å². The highest BCUT2D eigenvalue weighted by molar-refractivity contribution is 5.76. The largest absolute Gasteiger partial charge is 0.388 e. The van der Waals surface area contributed by atoms with Crippen molar-refractivity contribution in [2.75, 3.05) is 0 Å². The number of carbonyl (C=O) groups is 1. The summed E-state index contributed by atoms with van der Waals surface area (Å²) < 4.78 is 1.91. The van der Waals surface area contributed by atoms with Gasteiger partial charge < -0.3 is 15.4 Å². The van der Waals surface area contributed by atoms with E-state index in [9.17, 15) is 9.90 Å². The van der Waals surface area contributed by atoms with Gasteiger partial charge in [0, 0.05) is 18.9 Å². The van der Waals surface area contributed by atoms with Gasteiger partial charge in [0.2, 0.25) is 5.91 Å². The van der Waals surface area contributed by atoms with Crippen LogP contribution in [-0.2, 0) is 11.3 Å². The second-order valence-electron chi connectivity index (χ2n) is 4.73. The van der Waals surface area contributed by atoms with Crippen LogP contribution in [0.1, 0.15) is 31.4 Å². The molecular formula is C12H18N2O2. The van der Waals surface area contributed by atoms with Crippen LogP contribution in [0.25, 0.3) is 0 Å². The minimum absolute atomic E-state index is 0.182. The van der Waals surface area contributed by atoms with Crippen molar-refractivity contribution in [3.63, 3.8) is 0 Å². The van der Waals surface area contributed by atoms with Crippen molar-refractivity contribution in [3.05, 3.63) is 24.0 Å². The minimum Gasteiger partial charge on any atom is -0.388 e. The quantitative estimate of drug-likeness (QED) is 0.782. The van der Waals surface area contributed by atoms with Crippen LogP contribution in [0.4, 0.5) is 0 Å². The molecule has 1 aliphatic rings. The Morgan fingerprint density at radius 1 is 1.69 bits per heavy atom. The molecule has 0 bridgehead atoms. The molecule has 2 atom stereocenters. The van der Waals surface area contributed by atoms with Gasteiger partial charge in [0.1, 0.15) is 0 Å². The first-order chi connectivity index (χ1) is 7.58. The summed E-state index contributed by atoms with van der Waals surface area (Å²) in [5.41, 5.74) is 6.15. The molecule has 2 unspecified atom stereocenters. The van der Waals surface area contributed by atoms with E-state index in [1.807, 2.05) is 23.0 Å². The number of aliphatic hydroxyl groups is 1. The molecule has 0 aliphatic heterocycles. The lowest BCUT2D eigenvalue weighted by molar-refractivity contribution is -0.121. The van der Waals surface area contributed by atoms with Gasteiger partial charge >= 0.3 is 0 Å². The summed E-state index contributed by atoms with van der Waals surface area (Å²) in [4.78, 5) is 10.9. The van der Waals surface area contributed by atoms with Gasteiger partial charge in [-0.25, -0.2) is 0 Å². The minimum atomic E-state index is -0.342. The number of nitrogens with zero attached hydrogens (tertiary/aromatic N) is 1. The maximum Gasteiger partial charge on any atom is 0.222 e. The van der Waals surface area contributed by atoms with Crippen molar-refractivity contribution in [2.45, 2.75) is 32.4 Å². The summed E-state index contributed by atoms with van der Waals surface area (Å²) >= 11 is 0. The molecule has 3 N–H and O–H groups in total. The van der Waals surface area contributed by atoms with Crippen molar-refractivity contribution in [1.29, 1.82) is 0 Å². The van der Waals surface area contributed by atoms with E-state index < -0.39 is 0 Å². The average molecular weight is 222 g/mol. The van der Waals surface area contributed by atoms with Gasteiger partial charge in [-0.05, 0) is 30.4 Å². The first-order valence-corrected chi connectivity index (χ1v) is 5.71. The maximum atomic E-state index is 10.9. The van der Waals surface area contributed by atoms with Crippen molar-refractivity contribution in [1.82, 2.24) is 4.57 Å². The number of primary amides is 1. The zero-order chi connectivity index (χ0) is 11.7. The van der Waals surface area contributed by atoms with Crippen LogP contribution in [0, 0.1) is 11.8 Å². The lowest BCUT2D eigenvalue weighted by Gasteiger charge is -2.09. The Morgan fingerprint density at radius 3 is 2.94 bits per heavy atom. The van der Waals surface area contributed by atoms with Gasteiger partial charge in [0.15, 0.2) is 0 Å². The number of aliphatic hydroxyl groups excluding tert-OH is 1.